The molecule has 0 amide bonds. The molecule has 1 atom stereocenters. The lowest BCUT2D eigenvalue weighted by atomic mass is 10.1. The van der Waals surface area contributed by atoms with Crippen LogP contribution in [0.25, 0.3) is 0 Å². The van der Waals surface area contributed by atoms with Gasteiger partial charge >= 0.3 is 0 Å². The maximum Gasteiger partial charge on any atom is 0.161 e. The first kappa shape index (κ1) is 13.4. The number of hydrogen-bond donors (Lipinski definition) is 0. The molecular weight excluding hydrogens is 268 g/mol. The Hall–Kier alpha value is -0.700. The molecule has 0 aliphatic heterocycles. The van der Waals surface area contributed by atoms with Crippen molar-refractivity contribution >= 4 is 15.9 Å². The fraction of sp³-hybridized carbons (Fsp3) is 0.538. The molecule has 0 saturated carbocycles. The lowest BCUT2D eigenvalue weighted by Gasteiger charge is -2.15. The van der Waals surface area contributed by atoms with Gasteiger partial charge < -0.3 is 9.47 Å². The van der Waals surface area contributed by atoms with Crippen LogP contribution in [0.1, 0.15) is 20.3 Å². The van der Waals surface area contributed by atoms with E-state index < -0.39 is 0 Å². The van der Waals surface area contributed by atoms with Crippen molar-refractivity contribution in [3.63, 3.8) is 0 Å². The van der Waals surface area contributed by atoms with Crippen molar-refractivity contribution in [2.24, 2.45) is 5.92 Å². The van der Waals surface area contributed by atoms with Gasteiger partial charge in [-0.3, -0.25) is 0 Å². The summed E-state index contributed by atoms with van der Waals surface area (Å²) in [6.45, 7) is 5.54. The van der Waals surface area contributed by atoms with E-state index in [9.17, 15) is 0 Å². The standard InChI is InChI=1S/C13H19BrO2/c1-3-11(9-14)10-16-13-8-6-5-7-12(13)15-4-2/h5-8,11H,3-4,9-10H2,1-2H3. The number of hydrogen-bond acceptors (Lipinski definition) is 2. The first-order valence-corrected chi connectivity index (χ1v) is 6.84. The third-order valence-corrected chi connectivity index (χ3v) is 3.33. The molecule has 90 valence electrons. The minimum atomic E-state index is 0.551. The van der Waals surface area contributed by atoms with E-state index in [4.69, 9.17) is 9.47 Å². The van der Waals surface area contributed by atoms with Crippen LogP contribution >= 0.6 is 15.9 Å². The fourth-order valence-corrected chi connectivity index (χ4v) is 1.97. The number of alkyl halides is 1. The van der Waals surface area contributed by atoms with Gasteiger partial charge in [0.25, 0.3) is 0 Å². The molecule has 0 heterocycles. The Morgan fingerprint density at radius 1 is 1.12 bits per heavy atom. The SMILES string of the molecule is CCOc1ccccc1OCC(CC)CBr. The van der Waals surface area contributed by atoms with E-state index in [1.807, 2.05) is 31.2 Å². The van der Waals surface area contributed by atoms with Crippen LogP contribution < -0.4 is 9.47 Å². The maximum absolute atomic E-state index is 5.78. The summed E-state index contributed by atoms with van der Waals surface area (Å²) in [6.07, 6.45) is 1.11. The van der Waals surface area contributed by atoms with E-state index in [0.717, 1.165) is 29.9 Å². The Bertz CT molecular complexity index is 298. The van der Waals surface area contributed by atoms with Gasteiger partial charge in [-0.25, -0.2) is 0 Å². The molecule has 0 aliphatic rings. The molecule has 0 bridgehead atoms. The van der Waals surface area contributed by atoms with Crippen LogP contribution in [0.4, 0.5) is 0 Å². The molecule has 0 radical (unpaired) electrons. The molecule has 1 rings (SSSR count). The molecule has 16 heavy (non-hydrogen) atoms. The third-order valence-electron chi connectivity index (χ3n) is 2.42. The molecule has 0 fully saturated rings. The zero-order valence-electron chi connectivity index (χ0n) is 9.91. The van der Waals surface area contributed by atoms with Crippen molar-refractivity contribution in [3.8, 4) is 11.5 Å². The minimum absolute atomic E-state index is 0.551. The van der Waals surface area contributed by atoms with Crippen molar-refractivity contribution in [2.75, 3.05) is 18.5 Å². The Balaban J connectivity index is 2.58. The van der Waals surface area contributed by atoms with Crippen molar-refractivity contribution < 1.29 is 9.47 Å². The summed E-state index contributed by atoms with van der Waals surface area (Å²) in [6, 6.07) is 7.81. The Morgan fingerprint density at radius 3 is 2.25 bits per heavy atom. The van der Waals surface area contributed by atoms with Crippen LogP contribution in [0, 0.1) is 5.92 Å². The second-order valence-corrected chi connectivity index (χ2v) is 4.27. The van der Waals surface area contributed by atoms with Crippen LogP contribution in [0.3, 0.4) is 0 Å². The summed E-state index contributed by atoms with van der Waals surface area (Å²) in [7, 11) is 0. The number of para-hydroxylation sites is 2. The van der Waals surface area contributed by atoms with Crippen LogP contribution in [-0.4, -0.2) is 18.5 Å². The first-order valence-electron chi connectivity index (χ1n) is 5.72. The van der Waals surface area contributed by atoms with Crippen molar-refractivity contribution in [2.45, 2.75) is 20.3 Å². The summed E-state index contributed by atoms with van der Waals surface area (Å²) in [5, 5.41) is 0.973. The van der Waals surface area contributed by atoms with Gasteiger partial charge in [0.15, 0.2) is 11.5 Å². The van der Waals surface area contributed by atoms with E-state index in [1.165, 1.54) is 0 Å². The van der Waals surface area contributed by atoms with Crippen molar-refractivity contribution in [1.82, 2.24) is 0 Å². The Labute approximate surface area is 106 Å². The number of halogens is 1. The smallest absolute Gasteiger partial charge is 0.161 e. The molecule has 3 heteroatoms. The van der Waals surface area contributed by atoms with E-state index in [-0.39, 0.29) is 0 Å². The average Bonchev–Trinajstić information content (AvgIpc) is 2.33. The summed E-state index contributed by atoms with van der Waals surface area (Å²) in [5.41, 5.74) is 0. The van der Waals surface area contributed by atoms with Gasteiger partial charge in [-0.05, 0) is 25.5 Å². The normalized spacial score (nSPS) is 12.2. The zero-order valence-corrected chi connectivity index (χ0v) is 11.5. The van der Waals surface area contributed by atoms with Crippen LogP contribution in [-0.2, 0) is 0 Å². The Kier molecular flexibility index (Phi) is 6.31. The highest BCUT2D eigenvalue weighted by Crippen LogP contribution is 2.27. The molecule has 1 unspecified atom stereocenters. The highest BCUT2D eigenvalue weighted by molar-refractivity contribution is 9.09. The van der Waals surface area contributed by atoms with Gasteiger partial charge in [0.05, 0.1) is 13.2 Å². The second-order valence-electron chi connectivity index (χ2n) is 3.62. The predicted octanol–water partition coefficient (Wildman–Crippen LogP) is 3.89. The van der Waals surface area contributed by atoms with Gasteiger partial charge in [0.2, 0.25) is 0 Å². The highest BCUT2D eigenvalue weighted by Gasteiger charge is 2.08. The highest BCUT2D eigenvalue weighted by atomic mass is 79.9. The number of rotatable bonds is 7. The van der Waals surface area contributed by atoms with Crippen LogP contribution in [0.2, 0.25) is 0 Å². The zero-order chi connectivity index (χ0) is 11.8. The molecule has 0 aromatic heterocycles. The summed E-state index contributed by atoms with van der Waals surface area (Å²) < 4.78 is 11.3. The average molecular weight is 287 g/mol. The lowest BCUT2D eigenvalue weighted by molar-refractivity contribution is 0.240. The van der Waals surface area contributed by atoms with Crippen LogP contribution in [0.5, 0.6) is 11.5 Å². The Morgan fingerprint density at radius 2 is 1.75 bits per heavy atom. The van der Waals surface area contributed by atoms with Gasteiger partial charge in [-0.15, -0.1) is 0 Å². The number of benzene rings is 1. The van der Waals surface area contributed by atoms with Gasteiger partial charge in [-0.1, -0.05) is 35.0 Å². The maximum atomic E-state index is 5.78. The molecule has 1 aromatic rings. The van der Waals surface area contributed by atoms with Crippen LogP contribution in [0.15, 0.2) is 24.3 Å². The molecule has 0 aliphatic carbocycles. The van der Waals surface area contributed by atoms with Crippen molar-refractivity contribution in [1.29, 1.82) is 0 Å². The molecule has 0 N–H and O–H groups in total. The summed E-state index contributed by atoms with van der Waals surface area (Å²) in [4.78, 5) is 0. The summed E-state index contributed by atoms with van der Waals surface area (Å²) >= 11 is 3.49. The summed E-state index contributed by atoms with van der Waals surface area (Å²) in [5.74, 6) is 2.22. The van der Waals surface area contributed by atoms with Crippen molar-refractivity contribution in [3.05, 3.63) is 24.3 Å². The van der Waals surface area contributed by atoms with Gasteiger partial charge in [0.1, 0.15) is 0 Å². The quantitative estimate of drug-likeness (QED) is 0.708. The molecule has 2 nitrogen and oxygen atoms in total. The van der Waals surface area contributed by atoms with E-state index >= 15 is 0 Å². The molecule has 0 saturated heterocycles. The molecular formula is C13H19BrO2. The fourth-order valence-electron chi connectivity index (χ4n) is 1.32. The first-order chi connectivity index (χ1) is 7.81. The number of ether oxygens (including phenoxy) is 2. The topological polar surface area (TPSA) is 18.5 Å². The van der Waals surface area contributed by atoms with Gasteiger partial charge in [-0.2, -0.15) is 0 Å². The monoisotopic (exact) mass is 286 g/mol. The lowest BCUT2D eigenvalue weighted by Crippen LogP contribution is -2.12. The van der Waals surface area contributed by atoms with E-state index in [2.05, 4.69) is 22.9 Å². The van der Waals surface area contributed by atoms with E-state index in [1.54, 1.807) is 0 Å². The molecule has 1 aromatic carbocycles. The third kappa shape index (κ3) is 4.05. The van der Waals surface area contributed by atoms with Gasteiger partial charge in [0, 0.05) is 11.2 Å². The second kappa shape index (κ2) is 7.55. The predicted molar refractivity (Wildman–Crippen MR) is 70.7 cm³/mol. The molecule has 0 spiro atoms. The largest absolute Gasteiger partial charge is 0.490 e. The van der Waals surface area contributed by atoms with E-state index in [0.29, 0.717) is 12.5 Å². The minimum Gasteiger partial charge on any atom is -0.490 e.